The second-order valence-corrected chi connectivity index (χ2v) is 8.19. The van der Waals surface area contributed by atoms with Crippen molar-refractivity contribution in [3.05, 3.63) is 0 Å². The Labute approximate surface area is 131 Å². The first kappa shape index (κ1) is 15.8. The summed E-state index contributed by atoms with van der Waals surface area (Å²) in [6.07, 6.45) is 17.4. The zero-order chi connectivity index (χ0) is 14.7. The average molecular weight is 294 g/mol. The number of ether oxygens (including phenoxy) is 2. The molecule has 122 valence electrons. The molecule has 2 aliphatic carbocycles. The maximum absolute atomic E-state index is 6.28. The van der Waals surface area contributed by atoms with Crippen LogP contribution < -0.4 is 0 Å². The fraction of sp³-hybridized carbons (Fsp3) is 1.00. The fourth-order valence-electron chi connectivity index (χ4n) is 4.81. The largest absolute Gasteiger partial charge is 0.345 e. The first-order valence-corrected chi connectivity index (χ1v) is 9.48. The van der Waals surface area contributed by atoms with Crippen molar-refractivity contribution in [3.8, 4) is 0 Å². The van der Waals surface area contributed by atoms with Gasteiger partial charge in [-0.05, 0) is 38.5 Å². The van der Waals surface area contributed by atoms with Crippen LogP contribution in [0.5, 0.6) is 0 Å². The van der Waals surface area contributed by atoms with Crippen molar-refractivity contribution in [1.29, 1.82) is 0 Å². The second kappa shape index (κ2) is 7.00. The molecule has 21 heavy (non-hydrogen) atoms. The zero-order valence-corrected chi connectivity index (χ0v) is 14.1. The Bertz CT molecular complexity index is 284. The van der Waals surface area contributed by atoms with E-state index in [1.54, 1.807) is 0 Å². The molecule has 3 rings (SSSR count). The molecule has 3 aliphatic rings. The van der Waals surface area contributed by atoms with E-state index in [-0.39, 0.29) is 5.79 Å². The molecule has 2 atom stereocenters. The van der Waals surface area contributed by atoms with E-state index >= 15 is 0 Å². The molecule has 0 aromatic rings. The van der Waals surface area contributed by atoms with E-state index in [9.17, 15) is 0 Å². The van der Waals surface area contributed by atoms with Gasteiger partial charge in [0.1, 0.15) is 0 Å². The summed E-state index contributed by atoms with van der Waals surface area (Å²) in [4.78, 5) is 0. The van der Waals surface area contributed by atoms with Crippen molar-refractivity contribution < 1.29 is 9.47 Å². The van der Waals surface area contributed by atoms with Crippen LogP contribution in [0.25, 0.3) is 0 Å². The molecule has 0 amide bonds. The molecule has 1 heterocycles. The van der Waals surface area contributed by atoms with Gasteiger partial charge in [0.05, 0.1) is 12.2 Å². The van der Waals surface area contributed by atoms with E-state index in [1.165, 1.54) is 77.0 Å². The topological polar surface area (TPSA) is 18.5 Å². The Kier molecular flexibility index (Phi) is 5.27. The van der Waals surface area contributed by atoms with Crippen molar-refractivity contribution >= 4 is 0 Å². The highest BCUT2D eigenvalue weighted by Gasteiger charge is 2.42. The van der Waals surface area contributed by atoms with Gasteiger partial charge in [0.2, 0.25) is 0 Å². The van der Waals surface area contributed by atoms with Crippen molar-refractivity contribution in [3.63, 3.8) is 0 Å². The van der Waals surface area contributed by atoms with Gasteiger partial charge in [-0.25, -0.2) is 0 Å². The fourth-order valence-corrected chi connectivity index (χ4v) is 4.81. The summed E-state index contributed by atoms with van der Waals surface area (Å²) >= 11 is 0. The van der Waals surface area contributed by atoms with Crippen LogP contribution in [-0.2, 0) is 9.47 Å². The lowest BCUT2D eigenvalue weighted by molar-refractivity contribution is -0.149. The lowest BCUT2D eigenvalue weighted by Gasteiger charge is -2.29. The quantitative estimate of drug-likeness (QED) is 0.686. The van der Waals surface area contributed by atoms with Gasteiger partial charge in [0.15, 0.2) is 5.79 Å². The third-order valence-electron chi connectivity index (χ3n) is 5.87. The third kappa shape index (κ3) is 4.45. The van der Waals surface area contributed by atoms with Crippen molar-refractivity contribution in [2.24, 2.45) is 11.8 Å². The lowest BCUT2D eigenvalue weighted by atomic mass is 9.81. The van der Waals surface area contributed by atoms with E-state index in [1.807, 2.05) is 0 Å². The van der Waals surface area contributed by atoms with Crippen LogP contribution in [-0.4, -0.2) is 18.0 Å². The molecule has 2 saturated carbocycles. The Hall–Kier alpha value is -0.0800. The molecule has 2 heteroatoms. The Morgan fingerprint density at radius 1 is 0.667 bits per heavy atom. The monoisotopic (exact) mass is 294 g/mol. The normalized spacial score (nSPS) is 35.1. The number of rotatable bonds is 4. The standard InChI is InChI=1S/C19H34O2/c1-19(2)20-17(13-15-9-5-3-6-10-15)18(21-19)14-16-11-7-4-8-12-16/h15-18H,3-14H2,1-2H3/t17-,18-/m1/s1. The van der Waals surface area contributed by atoms with E-state index in [0.29, 0.717) is 12.2 Å². The summed E-state index contributed by atoms with van der Waals surface area (Å²) in [5.41, 5.74) is 0. The molecule has 0 N–H and O–H groups in total. The van der Waals surface area contributed by atoms with Gasteiger partial charge >= 0.3 is 0 Å². The second-order valence-electron chi connectivity index (χ2n) is 8.19. The van der Waals surface area contributed by atoms with Crippen molar-refractivity contribution in [2.75, 3.05) is 0 Å². The minimum absolute atomic E-state index is 0.352. The lowest BCUT2D eigenvalue weighted by Crippen LogP contribution is -2.29. The van der Waals surface area contributed by atoms with Gasteiger partial charge in [-0.1, -0.05) is 64.2 Å². The molecule has 0 bridgehead atoms. The first-order valence-electron chi connectivity index (χ1n) is 9.48. The molecule has 1 aliphatic heterocycles. The van der Waals surface area contributed by atoms with Gasteiger partial charge < -0.3 is 9.47 Å². The highest BCUT2D eigenvalue weighted by Crippen LogP contribution is 2.39. The number of hydrogen-bond acceptors (Lipinski definition) is 2. The van der Waals surface area contributed by atoms with Crippen LogP contribution in [0.2, 0.25) is 0 Å². The van der Waals surface area contributed by atoms with Gasteiger partial charge in [-0.15, -0.1) is 0 Å². The molecule has 2 nitrogen and oxygen atoms in total. The SMILES string of the molecule is CC1(C)O[C@H](CC2CCCCC2)[C@@H](CC2CCCCC2)O1. The third-order valence-corrected chi connectivity index (χ3v) is 5.87. The van der Waals surface area contributed by atoms with Crippen molar-refractivity contribution in [2.45, 2.75) is 109 Å². The summed E-state index contributed by atoms with van der Waals surface area (Å²) in [5, 5.41) is 0. The average Bonchev–Trinajstić information content (AvgIpc) is 2.75. The van der Waals surface area contributed by atoms with Crippen LogP contribution >= 0.6 is 0 Å². The summed E-state index contributed by atoms with van der Waals surface area (Å²) in [6.45, 7) is 4.20. The highest BCUT2D eigenvalue weighted by atomic mass is 16.7. The Morgan fingerprint density at radius 3 is 1.43 bits per heavy atom. The van der Waals surface area contributed by atoms with E-state index in [4.69, 9.17) is 9.47 Å². The molecule has 3 fully saturated rings. The predicted molar refractivity (Wildman–Crippen MR) is 86.2 cm³/mol. The van der Waals surface area contributed by atoms with Gasteiger partial charge in [0.25, 0.3) is 0 Å². The van der Waals surface area contributed by atoms with Crippen LogP contribution in [0.4, 0.5) is 0 Å². The van der Waals surface area contributed by atoms with Crippen LogP contribution in [0.1, 0.15) is 90.9 Å². The molecule has 0 aromatic heterocycles. The minimum atomic E-state index is -0.362. The highest BCUT2D eigenvalue weighted by molar-refractivity contribution is 4.86. The molecular weight excluding hydrogens is 260 g/mol. The summed E-state index contributed by atoms with van der Waals surface area (Å²) in [7, 11) is 0. The first-order chi connectivity index (χ1) is 10.1. The smallest absolute Gasteiger partial charge is 0.163 e. The van der Waals surface area contributed by atoms with Gasteiger partial charge in [-0.3, -0.25) is 0 Å². The van der Waals surface area contributed by atoms with Gasteiger partial charge in [-0.2, -0.15) is 0 Å². The summed E-state index contributed by atoms with van der Waals surface area (Å²) < 4.78 is 12.6. The zero-order valence-electron chi connectivity index (χ0n) is 14.1. The molecule has 0 unspecified atom stereocenters. The van der Waals surface area contributed by atoms with Crippen LogP contribution in [0.15, 0.2) is 0 Å². The van der Waals surface area contributed by atoms with Gasteiger partial charge in [0, 0.05) is 0 Å². The molecule has 0 spiro atoms. The Balaban J connectivity index is 1.56. The van der Waals surface area contributed by atoms with E-state index in [0.717, 1.165) is 11.8 Å². The molecule has 0 radical (unpaired) electrons. The van der Waals surface area contributed by atoms with E-state index < -0.39 is 0 Å². The number of hydrogen-bond donors (Lipinski definition) is 0. The van der Waals surface area contributed by atoms with Crippen LogP contribution in [0, 0.1) is 11.8 Å². The molecule has 0 aromatic carbocycles. The maximum atomic E-state index is 6.28. The van der Waals surface area contributed by atoms with Crippen molar-refractivity contribution in [1.82, 2.24) is 0 Å². The predicted octanol–water partition coefficient (Wildman–Crippen LogP) is 5.45. The Morgan fingerprint density at radius 2 is 1.05 bits per heavy atom. The minimum Gasteiger partial charge on any atom is -0.345 e. The summed E-state index contributed by atoms with van der Waals surface area (Å²) in [5.74, 6) is 1.41. The molecular formula is C19H34O2. The maximum Gasteiger partial charge on any atom is 0.163 e. The van der Waals surface area contributed by atoms with Crippen LogP contribution in [0.3, 0.4) is 0 Å². The van der Waals surface area contributed by atoms with E-state index in [2.05, 4.69) is 13.8 Å². The molecule has 1 saturated heterocycles. The summed E-state index contributed by atoms with van der Waals surface area (Å²) in [6, 6.07) is 0.